The van der Waals surface area contributed by atoms with Gasteiger partial charge < -0.3 is 19.9 Å². The number of carbonyl (C=O) groups is 2. The van der Waals surface area contributed by atoms with Gasteiger partial charge in [-0.05, 0) is 37.1 Å². The molecule has 0 bridgehead atoms. The van der Waals surface area contributed by atoms with Crippen molar-refractivity contribution in [3.05, 3.63) is 54.6 Å². The molecule has 2 aromatic carbocycles. The Morgan fingerprint density at radius 3 is 2.17 bits per heavy atom. The zero-order valence-corrected chi connectivity index (χ0v) is 17.3. The smallest absolute Gasteiger partial charge is 0.322 e. The number of piperazine rings is 1. The molecule has 0 spiro atoms. The van der Waals surface area contributed by atoms with Crippen molar-refractivity contribution < 1.29 is 14.3 Å². The van der Waals surface area contributed by atoms with Gasteiger partial charge in [-0.2, -0.15) is 0 Å². The first kappa shape index (κ1) is 20.3. The van der Waals surface area contributed by atoms with Crippen LogP contribution in [0.25, 0.3) is 0 Å². The molecule has 2 aromatic rings. The van der Waals surface area contributed by atoms with Gasteiger partial charge in [0.05, 0.1) is 5.69 Å². The average molecular weight is 408 g/mol. The highest BCUT2D eigenvalue weighted by Crippen LogP contribution is 2.29. The van der Waals surface area contributed by atoms with E-state index in [-0.39, 0.29) is 17.9 Å². The predicted molar refractivity (Wildman–Crippen MR) is 117 cm³/mol. The largest absolute Gasteiger partial charge is 0.455 e. The number of hydrogen-bond donors (Lipinski definition) is 1. The number of benzene rings is 2. The number of amides is 3. The number of rotatable bonds is 4. The van der Waals surface area contributed by atoms with E-state index in [9.17, 15) is 9.59 Å². The van der Waals surface area contributed by atoms with Gasteiger partial charge in [0.25, 0.3) is 0 Å². The van der Waals surface area contributed by atoms with Crippen LogP contribution in [0.5, 0.6) is 11.5 Å². The van der Waals surface area contributed by atoms with Crippen molar-refractivity contribution in [2.75, 3.05) is 31.5 Å². The van der Waals surface area contributed by atoms with Gasteiger partial charge >= 0.3 is 6.03 Å². The maximum Gasteiger partial charge on any atom is 0.322 e. The Morgan fingerprint density at radius 2 is 1.43 bits per heavy atom. The van der Waals surface area contributed by atoms with Gasteiger partial charge in [-0.1, -0.05) is 49.6 Å². The van der Waals surface area contributed by atoms with E-state index < -0.39 is 0 Å². The highest BCUT2D eigenvalue weighted by Gasteiger charge is 2.29. The first-order valence-electron chi connectivity index (χ1n) is 10.9. The lowest BCUT2D eigenvalue weighted by Crippen LogP contribution is -2.53. The van der Waals surface area contributed by atoms with Crippen molar-refractivity contribution in [1.82, 2.24) is 9.80 Å². The fraction of sp³-hybridized carbons (Fsp3) is 0.417. The Hall–Kier alpha value is -3.02. The molecule has 1 aliphatic carbocycles. The molecule has 30 heavy (non-hydrogen) atoms. The van der Waals surface area contributed by atoms with Gasteiger partial charge in [-0.15, -0.1) is 0 Å². The molecular formula is C24H29N3O3. The summed E-state index contributed by atoms with van der Waals surface area (Å²) in [5, 5.41) is 2.97. The van der Waals surface area contributed by atoms with E-state index in [0.717, 1.165) is 25.7 Å². The quantitative estimate of drug-likeness (QED) is 0.797. The maximum absolute atomic E-state index is 12.8. The van der Waals surface area contributed by atoms with Crippen LogP contribution in [0.2, 0.25) is 0 Å². The normalized spacial score (nSPS) is 17.5. The minimum Gasteiger partial charge on any atom is -0.455 e. The molecule has 1 saturated carbocycles. The second-order valence-electron chi connectivity index (χ2n) is 7.99. The standard InChI is InChI=1S/C24H29N3O3/c28-23(19-9-3-1-4-10-19)26-15-17-27(18-16-26)24(29)25-21-13-7-8-14-22(21)30-20-11-5-2-6-12-20/h2,5-8,11-14,19H,1,3-4,9-10,15-18H2,(H,25,29). The van der Waals surface area contributed by atoms with Gasteiger partial charge in [-0.3, -0.25) is 4.79 Å². The second kappa shape index (κ2) is 9.65. The molecule has 2 fully saturated rings. The second-order valence-corrected chi connectivity index (χ2v) is 7.99. The van der Waals surface area contributed by atoms with Crippen LogP contribution in [-0.2, 0) is 4.79 Å². The molecule has 0 unspecified atom stereocenters. The molecule has 0 atom stereocenters. The number of anilines is 1. The zero-order chi connectivity index (χ0) is 20.8. The Bertz CT molecular complexity index is 857. The third-order valence-corrected chi connectivity index (χ3v) is 5.93. The van der Waals surface area contributed by atoms with Crippen molar-refractivity contribution in [2.24, 2.45) is 5.92 Å². The first-order chi connectivity index (χ1) is 14.7. The van der Waals surface area contributed by atoms with Crippen molar-refractivity contribution in [1.29, 1.82) is 0 Å². The van der Waals surface area contributed by atoms with Crippen LogP contribution in [0.3, 0.4) is 0 Å². The van der Waals surface area contributed by atoms with Crippen molar-refractivity contribution >= 4 is 17.6 Å². The monoisotopic (exact) mass is 407 g/mol. The van der Waals surface area contributed by atoms with E-state index >= 15 is 0 Å². The van der Waals surface area contributed by atoms with Gasteiger partial charge in [0.2, 0.25) is 5.91 Å². The number of nitrogens with one attached hydrogen (secondary N) is 1. The Morgan fingerprint density at radius 1 is 0.800 bits per heavy atom. The third kappa shape index (κ3) is 4.93. The van der Waals surface area contributed by atoms with Gasteiger partial charge in [0, 0.05) is 32.1 Å². The van der Waals surface area contributed by atoms with E-state index in [0.29, 0.717) is 43.4 Å². The van der Waals surface area contributed by atoms with Crippen LogP contribution in [0.15, 0.2) is 54.6 Å². The molecular weight excluding hydrogens is 378 g/mol. The van der Waals surface area contributed by atoms with Crippen LogP contribution in [0, 0.1) is 5.92 Å². The summed E-state index contributed by atoms with van der Waals surface area (Å²) in [5.41, 5.74) is 0.632. The van der Waals surface area contributed by atoms with Gasteiger partial charge in [-0.25, -0.2) is 4.79 Å². The van der Waals surface area contributed by atoms with E-state index in [1.54, 1.807) is 4.90 Å². The predicted octanol–water partition coefficient (Wildman–Crippen LogP) is 4.74. The fourth-order valence-electron chi connectivity index (χ4n) is 4.21. The molecule has 1 heterocycles. The average Bonchev–Trinajstić information content (AvgIpc) is 2.81. The van der Waals surface area contributed by atoms with Gasteiger partial charge in [0.1, 0.15) is 5.75 Å². The van der Waals surface area contributed by atoms with Gasteiger partial charge in [0.15, 0.2) is 5.75 Å². The number of hydrogen-bond acceptors (Lipinski definition) is 3. The zero-order valence-electron chi connectivity index (χ0n) is 17.3. The van der Waals surface area contributed by atoms with Crippen molar-refractivity contribution in [3.8, 4) is 11.5 Å². The summed E-state index contributed by atoms with van der Waals surface area (Å²) in [6.45, 7) is 2.30. The molecule has 158 valence electrons. The van der Waals surface area contributed by atoms with Crippen LogP contribution in [0.4, 0.5) is 10.5 Å². The molecule has 3 amide bonds. The van der Waals surface area contributed by atoms with Crippen molar-refractivity contribution in [3.63, 3.8) is 0 Å². The molecule has 1 aliphatic heterocycles. The summed E-state index contributed by atoms with van der Waals surface area (Å²) in [4.78, 5) is 29.2. The van der Waals surface area contributed by atoms with E-state index in [2.05, 4.69) is 5.32 Å². The van der Waals surface area contributed by atoms with E-state index in [1.165, 1.54) is 6.42 Å². The molecule has 1 N–H and O–H groups in total. The summed E-state index contributed by atoms with van der Waals surface area (Å²) in [6, 6.07) is 16.8. The number of ether oxygens (including phenoxy) is 1. The highest BCUT2D eigenvalue weighted by molar-refractivity contribution is 5.91. The SMILES string of the molecule is O=C(Nc1ccccc1Oc1ccccc1)N1CCN(C(=O)C2CCCCC2)CC1. The molecule has 0 radical (unpaired) electrons. The lowest BCUT2D eigenvalue weighted by atomic mass is 9.88. The summed E-state index contributed by atoms with van der Waals surface area (Å²) < 4.78 is 5.93. The highest BCUT2D eigenvalue weighted by atomic mass is 16.5. The maximum atomic E-state index is 12.8. The summed E-state index contributed by atoms with van der Waals surface area (Å²) in [7, 11) is 0. The molecule has 6 heteroatoms. The lowest BCUT2D eigenvalue weighted by Gasteiger charge is -2.37. The summed E-state index contributed by atoms with van der Waals surface area (Å²) in [5.74, 6) is 1.77. The van der Waals surface area contributed by atoms with Crippen LogP contribution in [0.1, 0.15) is 32.1 Å². The molecule has 1 saturated heterocycles. The Kier molecular flexibility index (Phi) is 6.52. The Balaban J connectivity index is 1.32. The summed E-state index contributed by atoms with van der Waals surface area (Å²) in [6.07, 6.45) is 5.58. The lowest BCUT2D eigenvalue weighted by molar-refractivity contribution is -0.138. The van der Waals surface area contributed by atoms with Crippen LogP contribution in [-0.4, -0.2) is 47.9 Å². The molecule has 6 nitrogen and oxygen atoms in total. The number of urea groups is 1. The van der Waals surface area contributed by atoms with Crippen LogP contribution >= 0.6 is 0 Å². The Labute approximate surface area is 177 Å². The number of carbonyl (C=O) groups excluding carboxylic acids is 2. The van der Waals surface area contributed by atoms with Crippen LogP contribution < -0.4 is 10.1 Å². The fourth-order valence-corrected chi connectivity index (χ4v) is 4.21. The third-order valence-electron chi connectivity index (χ3n) is 5.93. The summed E-state index contributed by atoms with van der Waals surface area (Å²) >= 11 is 0. The van der Waals surface area contributed by atoms with E-state index in [1.807, 2.05) is 59.5 Å². The minimum atomic E-state index is -0.163. The number of nitrogens with zero attached hydrogens (tertiary/aromatic N) is 2. The topological polar surface area (TPSA) is 61.9 Å². The van der Waals surface area contributed by atoms with E-state index in [4.69, 9.17) is 4.74 Å². The first-order valence-corrected chi connectivity index (χ1v) is 10.9. The molecule has 0 aromatic heterocycles. The molecule has 4 rings (SSSR count). The molecule has 2 aliphatic rings. The minimum absolute atomic E-state index is 0.163. The van der Waals surface area contributed by atoms with Crippen molar-refractivity contribution in [2.45, 2.75) is 32.1 Å². The number of para-hydroxylation sites is 3.